The Labute approximate surface area is 85.4 Å². The van der Waals surface area contributed by atoms with E-state index in [1.165, 1.54) is 0 Å². The van der Waals surface area contributed by atoms with E-state index >= 15 is 0 Å². The molecule has 0 aliphatic rings. The first-order valence-electron chi connectivity index (χ1n) is 4.82. The van der Waals surface area contributed by atoms with Crippen molar-refractivity contribution in [1.29, 1.82) is 0 Å². The molecule has 0 spiro atoms. The summed E-state index contributed by atoms with van der Waals surface area (Å²) in [5.74, 6) is 0.830. The lowest BCUT2D eigenvalue weighted by Gasteiger charge is -2.09. The van der Waals surface area contributed by atoms with Crippen molar-refractivity contribution in [1.82, 2.24) is 20.2 Å². The first-order valence-corrected chi connectivity index (χ1v) is 4.82. The highest BCUT2D eigenvalue weighted by Crippen LogP contribution is 1.93. The molecule has 78 valence electrons. The van der Waals surface area contributed by atoms with E-state index in [9.17, 15) is 0 Å². The molecule has 1 aromatic rings. The minimum Gasteiger partial charge on any atom is -0.310 e. The molecule has 0 atom stereocenters. The van der Waals surface area contributed by atoms with Gasteiger partial charge in [0.05, 0.1) is 5.69 Å². The highest BCUT2D eigenvalue weighted by atomic mass is 15.1. The standard InChI is InChI=1S/C10H18N4/c1-9-12-5-4-10(13-9)8-11-6-7-14(2)3/h4-5,11H,6-8H2,1-3H3. The first-order chi connectivity index (χ1) is 6.68. The Morgan fingerprint density at radius 2 is 2.21 bits per heavy atom. The molecule has 0 aliphatic carbocycles. The maximum Gasteiger partial charge on any atom is 0.125 e. The van der Waals surface area contributed by atoms with Crippen LogP contribution in [-0.2, 0) is 6.54 Å². The van der Waals surface area contributed by atoms with E-state index in [1.54, 1.807) is 6.20 Å². The Morgan fingerprint density at radius 1 is 1.43 bits per heavy atom. The van der Waals surface area contributed by atoms with Crippen molar-refractivity contribution < 1.29 is 0 Å². The molecular weight excluding hydrogens is 176 g/mol. The summed E-state index contributed by atoms with van der Waals surface area (Å²) in [5.41, 5.74) is 1.05. The van der Waals surface area contributed by atoms with Crippen LogP contribution in [-0.4, -0.2) is 42.1 Å². The van der Waals surface area contributed by atoms with Crippen LogP contribution in [0.25, 0.3) is 0 Å². The predicted octanol–water partition coefficient (Wildman–Crippen LogP) is 0.436. The Bertz CT molecular complexity index is 273. The molecule has 1 rings (SSSR count). The summed E-state index contributed by atoms with van der Waals surface area (Å²) >= 11 is 0. The minimum absolute atomic E-state index is 0.817. The number of hydrogen-bond acceptors (Lipinski definition) is 4. The summed E-state index contributed by atoms with van der Waals surface area (Å²) in [6, 6.07) is 1.94. The molecule has 0 radical (unpaired) electrons. The lowest BCUT2D eigenvalue weighted by atomic mass is 10.4. The lowest BCUT2D eigenvalue weighted by Crippen LogP contribution is -2.26. The summed E-state index contributed by atoms with van der Waals surface area (Å²) in [7, 11) is 4.13. The fourth-order valence-corrected chi connectivity index (χ4v) is 1.12. The zero-order chi connectivity index (χ0) is 10.4. The van der Waals surface area contributed by atoms with Gasteiger partial charge < -0.3 is 10.2 Å². The second-order valence-electron chi connectivity index (χ2n) is 3.58. The summed E-state index contributed by atoms with van der Waals surface area (Å²) in [6.07, 6.45) is 1.80. The van der Waals surface area contributed by atoms with Crippen molar-refractivity contribution in [3.8, 4) is 0 Å². The Morgan fingerprint density at radius 3 is 2.86 bits per heavy atom. The van der Waals surface area contributed by atoms with Gasteiger partial charge in [0.1, 0.15) is 5.82 Å². The van der Waals surface area contributed by atoms with Crippen molar-refractivity contribution in [2.75, 3.05) is 27.2 Å². The average Bonchev–Trinajstić information content (AvgIpc) is 2.12. The maximum absolute atomic E-state index is 4.30. The molecule has 0 amide bonds. The number of nitrogens with one attached hydrogen (secondary N) is 1. The third-order valence-electron chi connectivity index (χ3n) is 1.88. The van der Waals surface area contributed by atoms with Crippen LogP contribution in [0, 0.1) is 6.92 Å². The van der Waals surface area contributed by atoms with E-state index in [0.29, 0.717) is 0 Å². The third-order valence-corrected chi connectivity index (χ3v) is 1.88. The number of hydrogen-bond donors (Lipinski definition) is 1. The number of rotatable bonds is 5. The van der Waals surface area contributed by atoms with Gasteiger partial charge in [-0.25, -0.2) is 9.97 Å². The van der Waals surface area contributed by atoms with Crippen LogP contribution >= 0.6 is 0 Å². The van der Waals surface area contributed by atoms with Crippen LogP contribution in [0.3, 0.4) is 0 Å². The minimum atomic E-state index is 0.817. The van der Waals surface area contributed by atoms with Crippen LogP contribution in [0.15, 0.2) is 12.3 Å². The SMILES string of the molecule is Cc1nccc(CNCCN(C)C)n1. The van der Waals surface area contributed by atoms with Gasteiger partial charge in [0.25, 0.3) is 0 Å². The van der Waals surface area contributed by atoms with E-state index in [4.69, 9.17) is 0 Å². The zero-order valence-corrected chi connectivity index (χ0v) is 9.12. The van der Waals surface area contributed by atoms with Crippen molar-refractivity contribution in [2.24, 2.45) is 0 Å². The molecule has 1 heterocycles. The molecule has 1 aromatic heterocycles. The second-order valence-corrected chi connectivity index (χ2v) is 3.58. The smallest absolute Gasteiger partial charge is 0.125 e. The molecule has 4 heteroatoms. The lowest BCUT2D eigenvalue weighted by molar-refractivity contribution is 0.399. The average molecular weight is 194 g/mol. The van der Waals surface area contributed by atoms with E-state index < -0.39 is 0 Å². The Balaban J connectivity index is 2.25. The van der Waals surface area contributed by atoms with E-state index in [1.807, 2.05) is 13.0 Å². The van der Waals surface area contributed by atoms with Gasteiger partial charge in [-0.3, -0.25) is 0 Å². The zero-order valence-electron chi connectivity index (χ0n) is 9.12. The molecule has 1 N–H and O–H groups in total. The van der Waals surface area contributed by atoms with Crippen LogP contribution in [0.5, 0.6) is 0 Å². The third kappa shape index (κ3) is 4.30. The van der Waals surface area contributed by atoms with Crippen molar-refractivity contribution in [3.05, 3.63) is 23.8 Å². The Hall–Kier alpha value is -1.00. The summed E-state index contributed by atoms with van der Waals surface area (Å²) in [6.45, 7) is 4.75. The van der Waals surface area contributed by atoms with Crippen LogP contribution in [0.2, 0.25) is 0 Å². The molecule has 0 aliphatic heterocycles. The molecule has 0 saturated heterocycles. The number of aromatic nitrogens is 2. The van der Waals surface area contributed by atoms with Crippen molar-refractivity contribution in [3.63, 3.8) is 0 Å². The first kappa shape index (κ1) is 11.1. The summed E-state index contributed by atoms with van der Waals surface area (Å²) in [4.78, 5) is 10.5. The van der Waals surface area contributed by atoms with Gasteiger partial charge in [0.15, 0.2) is 0 Å². The number of aryl methyl sites for hydroxylation is 1. The van der Waals surface area contributed by atoms with Gasteiger partial charge in [-0.15, -0.1) is 0 Å². The second kappa shape index (κ2) is 5.67. The van der Waals surface area contributed by atoms with E-state index in [2.05, 4.69) is 34.3 Å². The van der Waals surface area contributed by atoms with Crippen molar-refractivity contribution in [2.45, 2.75) is 13.5 Å². The van der Waals surface area contributed by atoms with Crippen LogP contribution in [0.4, 0.5) is 0 Å². The van der Waals surface area contributed by atoms with Gasteiger partial charge in [-0.2, -0.15) is 0 Å². The van der Waals surface area contributed by atoms with Gasteiger partial charge in [0, 0.05) is 25.8 Å². The number of likely N-dealkylation sites (N-methyl/N-ethyl adjacent to an activating group) is 1. The van der Waals surface area contributed by atoms with E-state index in [-0.39, 0.29) is 0 Å². The van der Waals surface area contributed by atoms with Gasteiger partial charge in [-0.05, 0) is 27.1 Å². The molecule has 4 nitrogen and oxygen atoms in total. The normalized spacial score (nSPS) is 10.9. The molecule has 0 aromatic carbocycles. The highest BCUT2D eigenvalue weighted by Gasteiger charge is 1.95. The molecule has 0 fully saturated rings. The van der Waals surface area contributed by atoms with Gasteiger partial charge >= 0.3 is 0 Å². The maximum atomic E-state index is 4.30. The van der Waals surface area contributed by atoms with Crippen LogP contribution < -0.4 is 5.32 Å². The summed E-state index contributed by atoms with van der Waals surface area (Å²) in [5, 5.41) is 3.33. The largest absolute Gasteiger partial charge is 0.310 e. The summed E-state index contributed by atoms with van der Waals surface area (Å²) < 4.78 is 0. The van der Waals surface area contributed by atoms with Crippen LogP contribution in [0.1, 0.15) is 11.5 Å². The van der Waals surface area contributed by atoms with Crippen molar-refractivity contribution >= 4 is 0 Å². The highest BCUT2D eigenvalue weighted by molar-refractivity contribution is 5.00. The predicted molar refractivity (Wildman–Crippen MR) is 57.0 cm³/mol. The van der Waals surface area contributed by atoms with Gasteiger partial charge in [-0.1, -0.05) is 0 Å². The molecule has 0 unspecified atom stereocenters. The Kier molecular flexibility index (Phi) is 4.49. The topological polar surface area (TPSA) is 41.1 Å². The molecular formula is C10H18N4. The number of nitrogens with zero attached hydrogens (tertiary/aromatic N) is 3. The monoisotopic (exact) mass is 194 g/mol. The van der Waals surface area contributed by atoms with E-state index in [0.717, 1.165) is 31.2 Å². The fraction of sp³-hybridized carbons (Fsp3) is 0.600. The fourth-order valence-electron chi connectivity index (χ4n) is 1.12. The van der Waals surface area contributed by atoms with Gasteiger partial charge in [0.2, 0.25) is 0 Å². The molecule has 14 heavy (non-hydrogen) atoms. The molecule has 0 saturated carbocycles. The molecule has 0 bridgehead atoms. The quantitative estimate of drug-likeness (QED) is 0.690.